The fourth-order valence-corrected chi connectivity index (χ4v) is 3.56. The molecule has 1 aromatic heterocycles. The molecule has 1 aliphatic rings. The van der Waals surface area contributed by atoms with Crippen molar-refractivity contribution in [2.45, 2.75) is 32.4 Å². The summed E-state index contributed by atoms with van der Waals surface area (Å²) in [6, 6.07) is 17.6. The topological polar surface area (TPSA) is 68.2 Å². The first-order valence-corrected chi connectivity index (χ1v) is 10.0. The van der Waals surface area contributed by atoms with E-state index in [0.717, 1.165) is 48.5 Å². The van der Waals surface area contributed by atoms with E-state index in [1.165, 1.54) is 0 Å². The third kappa shape index (κ3) is 4.66. The second-order valence-electron chi connectivity index (χ2n) is 7.33. The van der Waals surface area contributed by atoms with Crippen LogP contribution in [-0.4, -0.2) is 28.8 Å². The first-order valence-electron chi connectivity index (χ1n) is 10.0. The highest BCUT2D eigenvalue weighted by atomic mass is 16.5. The zero-order valence-corrected chi connectivity index (χ0v) is 16.6. The third-order valence-corrected chi connectivity index (χ3v) is 5.32. The van der Waals surface area contributed by atoms with Gasteiger partial charge in [-0.05, 0) is 61.7 Å². The Morgan fingerprint density at radius 3 is 2.86 bits per heavy atom. The van der Waals surface area contributed by atoms with Gasteiger partial charge in [0.2, 0.25) is 0 Å². The molecule has 0 radical (unpaired) electrons. The molecule has 150 valence electrons. The Morgan fingerprint density at radius 1 is 1.21 bits per heavy atom. The normalized spacial score (nSPS) is 16.4. The Hall–Kier alpha value is -3.12. The first-order chi connectivity index (χ1) is 14.2. The number of hydrogen-bond donors (Lipinski definition) is 2. The minimum atomic E-state index is -0.197. The van der Waals surface area contributed by atoms with Crippen LogP contribution in [-0.2, 0) is 6.61 Å². The highest BCUT2D eigenvalue weighted by Gasteiger charge is 2.18. The number of nitrogens with one attached hydrogen (secondary N) is 2. The van der Waals surface area contributed by atoms with Gasteiger partial charge in [0.05, 0.1) is 6.04 Å². The fourth-order valence-electron chi connectivity index (χ4n) is 3.56. The fraction of sp³-hybridized carbons (Fsp3) is 0.304. The molecule has 0 saturated carbocycles. The molecule has 2 N–H and O–H groups in total. The summed E-state index contributed by atoms with van der Waals surface area (Å²) >= 11 is 0. The van der Waals surface area contributed by atoms with Crippen molar-refractivity contribution in [1.29, 1.82) is 0 Å². The molecule has 1 atom stereocenters. The van der Waals surface area contributed by atoms with Gasteiger partial charge in [-0.3, -0.25) is 9.48 Å². The minimum Gasteiger partial charge on any atom is -0.489 e. The van der Waals surface area contributed by atoms with Crippen molar-refractivity contribution >= 4 is 11.6 Å². The van der Waals surface area contributed by atoms with E-state index in [9.17, 15) is 4.79 Å². The molecule has 1 aliphatic heterocycles. The summed E-state index contributed by atoms with van der Waals surface area (Å²) in [4.78, 5) is 12.7. The van der Waals surface area contributed by atoms with Gasteiger partial charge in [-0.1, -0.05) is 30.3 Å². The number of hydrogen-bond acceptors (Lipinski definition) is 4. The lowest BCUT2D eigenvalue weighted by Crippen LogP contribution is -2.32. The summed E-state index contributed by atoms with van der Waals surface area (Å²) in [7, 11) is 0. The lowest BCUT2D eigenvalue weighted by atomic mass is 10.1. The van der Waals surface area contributed by atoms with Crippen molar-refractivity contribution in [2.24, 2.45) is 0 Å². The molecular formula is C23H26N4O2. The van der Waals surface area contributed by atoms with Crippen molar-refractivity contribution in [3.8, 4) is 5.75 Å². The Kier molecular flexibility index (Phi) is 5.91. The van der Waals surface area contributed by atoms with E-state index >= 15 is 0 Å². The Bertz CT molecular complexity index is 962. The third-order valence-electron chi connectivity index (χ3n) is 5.32. The number of rotatable bonds is 6. The van der Waals surface area contributed by atoms with Gasteiger partial charge in [0.1, 0.15) is 12.4 Å². The van der Waals surface area contributed by atoms with Crippen LogP contribution in [0.5, 0.6) is 5.75 Å². The van der Waals surface area contributed by atoms with Gasteiger partial charge in [-0.25, -0.2) is 0 Å². The van der Waals surface area contributed by atoms with Crippen LogP contribution in [0.2, 0.25) is 0 Å². The van der Waals surface area contributed by atoms with Crippen LogP contribution in [0.25, 0.3) is 0 Å². The van der Waals surface area contributed by atoms with E-state index in [1.807, 2.05) is 66.3 Å². The Labute approximate surface area is 170 Å². The van der Waals surface area contributed by atoms with E-state index in [4.69, 9.17) is 4.74 Å². The highest BCUT2D eigenvalue weighted by Crippen LogP contribution is 2.22. The average Bonchev–Trinajstić information content (AvgIpc) is 3.26. The predicted octanol–water partition coefficient (Wildman–Crippen LogP) is 3.95. The second-order valence-corrected chi connectivity index (χ2v) is 7.33. The molecule has 6 heteroatoms. The standard InChI is InChI=1S/C23H26N4O2/c1-17-18(16-29-20-9-3-2-4-10-20)7-5-11-21(17)25-23(28)22-12-14-27(26-22)19-8-6-13-24-15-19/h2-5,7,9-12,14,19,24H,6,8,13,15-16H2,1H3,(H,25,28). The summed E-state index contributed by atoms with van der Waals surface area (Å²) < 4.78 is 7.75. The van der Waals surface area contributed by atoms with E-state index in [1.54, 1.807) is 6.07 Å². The van der Waals surface area contributed by atoms with E-state index in [2.05, 4.69) is 15.7 Å². The number of ether oxygens (including phenoxy) is 1. The smallest absolute Gasteiger partial charge is 0.276 e. The van der Waals surface area contributed by atoms with Crippen LogP contribution in [0.3, 0.4) is 0 Å². The van der Waals surface area contributed by atoms with Gasteiger partial charge >= 0.3 is 0 Å². The molecule has 1 amide bonds. The number of piperidine rings is 1. The predicted molar refractivity (Wildman–Crippen MR) is 113 cm³/mol. The van der Waals surface area contributed by atoms with Crippen LogP contribution >= 0.6 is 0 Å². The molecule has 3 aromatic rings. The summed E-state index contributed by atoms with van der Waals surface area (Å²) in [5, 5.41) is 10.9. The van der Waals surface area contributed by atoms with Gasteiger partial charge in [-0.2, -0.15) is 5.10 Å². The number of carbonyl (C=O) groups excluding carboxylic acids is 1. The number of amides is 1. The molecule has 2 aromatic carbocycles. The Balaban J connectivity index is 1.42. The lowest BCUT2D eigenvalue weighted by Gasteiger charge is -2.22. The molecule has 0 spiro atoms. The minimum absolute atomic E-state index is 0.197. The van der Waals surface area contributed by atoms with Crippen LogP contribution in [0.15, 0.2) is 60.8 Å². The molecule has 2 heterocycles. The number of benzene rings is 2. The largest absolute Gasteiger partial charge is 0.489 e. The van der Waals surface area contributed by atoms with E-state index in [-0.39, 0.29) is 5.91 Å². The summed E-state index contributed by atoms with van der Waals surface area (Å²) in [5.74, 6) is 0.626. The summed E-state index contributed by atoms with van der Waals surface area (Å²) in [6.45, 7) is 4.38. The molecule has 1 fully saturated rings. The van der Waals surface area contributed by atoms with E-state index < -0.39 is 0 Å². The van der Waals surface area contributed by atoms with Gasteiger partial charge < -0.3 is 15.4 Å². The number of aromatic nitrogens is 2. The summed E-state index contributed by atoms with van der Waals surface area (Å²) in [6.07, 6.45) is 4.10. The van der Waals surface area contributed by atoms with Gasteiger partial charge in [0.15, 0.2) is 5.69 Å². The van der Waals surface area contributed by atoms with Crippen molar-refractivity contribution < 1.29 is 9.53 Å². The maximum Gasteiger partial charge on any atom is 0.276 e. The monoisotopic (exact) mass is 390 g/mol. The average molecular weight is 390 g/mol. The zero-order valence-electron chi connectivity index (χ0n) is 16.6. The van der Waals surface area contributed by atoms with Gasteiger partial charge in [0.25, 0.3) is 5.91 Å². The van der Waals surface area contributed by atoms with Crippen molar-refractivity contribution in [3.63, 3.8) is 0 Å². The van der Waals surface area contributed by atoms with Crippen LogP contribution < -0.4 is 15.4 Å². The number of nitrogens with zero attached hydrogens (tertiary/aromatic N) is 2. The van der Waals surface area contributed by atoms with Crippen LogP contribution in [0.1, 0.15) is 40.5 Å². The molecule has 1 unspecified atom stereocenters. The molecule has 0 aliphatic carbocycles. The van der Waals surface area contributed by atoms with Gasteiger partial charge in [-0.15, -0.1) is 0 Å². The van der Waals surface area contributed by atoms with Crippen LogP contribution in [0.4, 0.5) is 5.69 Å². The molecule has 1 saturated heterocycles. The van der Waals surface area contributed by atoms with Crippen molar-refractivity contribution in [3.05, 3.63) is 77.6 Å². The molecule has 6 nitrogen and oxygen atoms in total. The highest BCUT2D eigenvalue weighted by molar-refractivity contribution is 6.03. The van der Waals surface area contributed by atoms with E-state index in [0.29, 0.717) is 18.3 Å². The zero-order chi connectivity index (χ0) is 20.1. The molecule has 29 heavy (non-hydrogen) atoms. The van der Waals surface area contributed by atoms with Crippen molar-refractivity contribution in [1.82, 2.24) is 15.1 Å². The SMILES string of the molecule is Cc1c(COc2ccccc2)cccc1NC(=O)c1ccn(C2CCCNC2)n1. The maximum atomic E-state index is 12.7. The van der Waals surface area contributed by atoms with Crippen molar-refractivity contribution in [2.75, 3.05) is 18.4 Å². The molecular weight excluding hydrogens is 364 g/mol. The molecule has 0 bridgehead atoms. The maximum absolute atomic E-state index is 12.7. The quantitative estimate of drug-likeness (QED) is 0.669. The first kappa shape index (κ1) is 19.2. The number of para-hydroxylation sites is 1. The lowest BCUT2D eigenvalue weighted by molar-refractivity contribution is 0.102. The van der Waals surface area contributed by atoms with Crippen LogP contribution in [0, 0.1) is 6.92 Å². The summed E-state index contributed by atoms with van der Waals surface area (Å²) in [5.41, 5.74) is 3.23. The second kappa shape index (κ2) is 8.92. The number of carbonyl (C=O) groups is 1. The molecule has 4 rings (SSSR count). The van der Waals surface area contributed by atoms with Gasteiger partial charge in [0, 0.05) is 18.4 Å². The Morgan fingerprint density at radius 2 is 2.07 bits per heavy atom. The number of anilines is 1.